The fraction of sp³-hybridized carbons (Fsp3) is 0.0556. The van der Waals surface area contributed by atoms with E-state index in [9.17, 15) is 22.3 Å². The van der Waals surface area contributed by atoms with Gasteiger partial charge in [0.15, 0.2) is 10.7 Å². The van der Waals surface area contributed by atoms with E-state index in [1.54, 1.807) is 6.92 Å². The molecule has 0 bridgehead atoms. The van der Waals surface area contributed by atoms with Gasteiger partial charge in [-0.05, 0) is 31.2 Å². The number of hydrogen-bond acceptors (Lipinski definition) is 6. The van der Waals surface area contributed by atoms with Crippen LogP contribution in [0.25, 0.3) is 28.0 Å². The Morgan fingerprint density at radius 1 is 1.14 bits per heavy atom. The summed E-state index contributed by atoms with van der Waals surface area (Å²) in [5, 5.41) is 19.2. The van der Waals surface area contributed by atoms with Crippen molar-refractivity contribution < 1.29 is 22.3 Å². The van der Waals surface area contributed by atoms with E-state index >= 15 is 0 Å². The van der Waals surface area contributed by atoms with Crippen molar-refractivity contribution in [3.63, 3.8) is 0 Å². The molecule has 11 heteroatoms. The molecule has 3 aromatic heterocycles. The molecule has 0 aliphatic carbocycles. The molecule has 3 heterocycles. The first-order chi connectivity index (χ1) is 13.6. The zero-order valence-electron chi connectivity index (χ0n) is 14.8. The summed E-state index contributed by atoms with van der Waals surface area (Å²) in [4.78, 5) is 8.21. The molecule has 148 valence electrons. The van der Waals surface area contributed by atoms with E-state index in [1.165, 1.54) is 30.5 Å². The first-order valence-electron chi connectivity index (χ1n) is 8.19. The van der Waals surface area contributed by atoms with Crippen molar-refractivity contribution in [1.82, 2.24) is 19.6 Å². The average molecular weight is 417 g/mol. The molecule has 8 nitrogen and oxygen atoms in total. The van der Waals surface area contributed by atoms with Crippen LogP contribution in [0.4, 0.5) is 8.78 Å². The summed E-state index contributed by atoms with van der Waals surface area (Å²) in [6.07, 6.45) is 1.24. The topological polar surface area (TPSA) is 123 Å². The molecular weight excluding hydrogens is 404 g/mol. The second-order valence-electron chi connectivity index (χ2n) is 6.25. The largest absolute Gasteiger partial charge is 0.493 e. The third kappa shape index (κ3) is 3.30. The van der Waals surface area contributed by atoms with E-state index in [4.69, 9.17) is 5.14 Å². The molecule has 4 rings (SSSR count). The minimum absolute atomic E-state index is 0.0747. The van der Waals surface area contributed by atoms with Gasteiger partial charge in [-0.15, -0.1) is 0 Å². The highest BCUT2D eigenvalue weighted by atomic mass is 32.2. The monoisotopic (exact) mass is 417 g/mol. The standard InChI is InChI=1S/C18H13F2N5O3S/c1-9-17(12-4-3-11(19)6-13(12)20)18-23-14(7-16(26)25(18)24-9)10-2-5-15(22-8-10)29(21,27)28/h2-8,26H,1H3,(H2,21,27,28). The van der Waals surface area contributed by atoms with Crippen LogP contribution in [0.1, 0.15) is 5.69 Å². The number of nitrogens with two attached hydrogens (primary N) is 1. The molecule has 3 N–H and O–H groups in total. The summed E-state index contributed by atoms with van der Waals surface area (Å²) in [7, 11) is -3.96. The molecular formula is C18H13F2N5O3S. The Balaban J connectivity index is 1.93. The van der Waals surface area contributed by atoms with Crippen LogP contribution in [0.3, 0.4) is 0 Å². The Kier molecular flexibility index (Phi) is 4.28. The van der Waals surface area contributed by atoms with Crippen molar-refractivity contribution in [3.8, 4) is 28.3 Å². The van der Waals surface area contributed by atoms with Gasteiger partial charge in [0, 0.05) is 29.5 Å². The normalized spacial score (nSPS) is 11.9. The third-order valence-corrected chi connectivity index (χ3v) is 5.09. The van der Waals surface area contributed by atoms with Crippen LogP contribution >= 0.6 is 0 Å². The lowest BCUT2D eigenvalue weighted by molar-refractivity contribution is 0.435. The predicted octanol–water partition coefficient (Wildman–Crippen LogP) is 2.40. The molecule has 0 aliphatic heterocycles. The van der Waals surface area contributed by atoms with Gasteiger partial charge in [-0.25, -0.2) is 32.3 Å². The first-order valence-corrected chi connectivity index (χ1v) is 9.74. The van der Waals surface area contributed by atoms with Crippen molar-refractivity contribution >= 4 is 15.7 Å². The Hall–Kier alpha value is -3.44. The molecule has 0 atom stereocenters. The number of benzene rings is 1. The number of aromatic nitrogens is 4. The highest BCUT2D eigenvalue weighted by Crippen LogP contribution is 2.33. The molecule has 0 radical (unpaired) electrons. The fourth-order valence-electron chi connectivity index (χ4n) is 2.96. The summed E-state index contributed by atoms with van der Waals surface area (Å²) in [5.41, 5.74) is 1.50. The van der Waals surface area contributed by atoms with E-state index < -0.39 is 21.7 Å². The second-order valence-corrected chi connectivity index (χ2v) is 7.76. The van der Waals surface area contributed by atoms with Crippen LogP contribution in [0.15, 0.2) is 47.6 Å². The number of pyridine rings is 1. The van der Waals surface area contributed by atoms with E-state index in [-0.39, 0.29) is 33.4 Å². The van der Waals surface area contributed by atoms with Crippen LogP contribution < -0.4 is 5.14 Å². The molecule has 0 spiro atoms. The summed E-state index contributed by atoms with van der Waals surface area (Å²) >= 11 is 0. The lowest BCUT2D eigenvalue weighted by atomic mass is 10.1. The van der Waals surface area contributed by atoms with E-state index in [0.717, 1.165) is 16.6 Å². The molecule has 1 aromatic carbocycles. The summed E-state index contributed by atoms with van der Waals surface area (Å²) < 4.78 is 51.5. The lowest BCUT2D eigenvalue weighted by Gasteiger charge is -2.07. The third-order valence-electron chi connectivity index (χ3n) is 4.27. The molecule has 0 saturated heterocycles. The maximum Gasteiger partial charge on any atom is 0.255 e. The van der Waals surface area contributed by atoms with Crippen molar-refractivity contribution in [3.05, 3.63) is 59.9 Å². The van der Waals surface area contributed by atoms with Gasteiger partial charge in [0.05, 0.1) is 17.0 Å². The Morgan fingerprint density at radius 3 is 2.52 bits per heavy atom. The van der Waals surface area contributed by atoms with E-state index in [0.29, 0.717) is 11.3 Å². The van der Waals surface area contributed by atoms with Gasteiger partial charge in [0.2, 0.25) is 5.88 Å². The minimum Gasteiger partial charge on any atom is -0.493 e. The Morgan fingerprint density at radius 2 is 1.90 bits per heavy atom. The van der Waals surface area contributed by atoms with Crippen molar-refractivity contribution in [2.75, 3.05) is 0 Å². The van der Waals surface area contributed by atoms with E-state index in [2.05, 4.69) is 15.1 Å². The average Bonchev–Trinajstić information content (AvgIpc) is 2.98. The maximum absolute atomic E-state index is 14.4. The van der Waals surface area contributed by atoms with Gasteiger partial charge in [-0.3, -0.25) is 0 Å². The van der Waals surface area contributed by atoms with Crippen LogP contribution in [-0.2, 0) is 10.0 Å². The molecule has 0 saturated carbocycles. The first kappa shape index (κ1) is 18.9. The zero-order chi connectivity index (χ0) is 20.9. The predicted molar refractivity (Wildman–Crippen MR) is 99.3 cm³/mol. The van der Waals surface area contributed by atoms with Crippen LogP contribution in [0.5, 0.6) is 5.88 Å². The number of nitrogens with zero attached hydrogens (tertiary/aromatic N) is 4. The lowest BCUT2D eigenvalue weighted by Crippen LogP contribution is -2.13. The second kappa shape index (κ2) is 6.57. The number of aromatic hydroxyl groups is 1. The summed E-state index contributed by atoms with van der Waals surface area (Å²) in [6, 6.07) is 7.06. The van der Waals surface area contributed by atoms with Crippen molar-refractivity contribution in [2.45, 2.75) is 11.9 Å². The van der Waals surface area contributed by atoms with Crippen LogP contribution in [0.2, 0.25) is 0 Å². The number of hydrogen-bond donors (Lipinski definition) is 2. The number of sulfonamides is 1. The number of rotatable bonds is 3. The van der Waals surface area contributed by atoms with Gasteiger partial charge >= 0.3 is 0 Å². The number of fused-ring (bicyclic) bond motifs is 1. The fourth-order valence-corrected chi connectivity index (χ4v) is 3.42. The highest BCUT2D eigenvalue weighted by Gasteiger charge is 2.20. The van der Waals surface area contributed by atoms with Gasteiger partial charge < -0.3 is 5.11 Å². The summed E-state index contributed by atoms with van der Waals surface area (Å²) in [5.74, 6) is -1.80. The number of aryl methyl sites for hydroxylation is 1. The molecule has 0 unspecified atom stereocenters. The smallest absolute Gasteiger partial charge is 0.255 e. The quantitative estimate of drug-likeness (QED) is 0.528. The Labute approximate surface area is 163 Å². The zero-order valence-corrected chi connectivity index (χ0v) is 15.7. The number of halogens is 2. The van der Waals surface area contributed by atoms with Crippen molar-refractivity contribution in [1.29, 1.82) is 0 Å². The SMILES string of the molecule is Cc1nn2c(O)cc(-c3ccc(S(N)(=O)=O)nc3)nc2c1-c1ccc(F)cc1F. The highest BCUT2D eigenvalue weighted by molar-refractivity contribution is 7.89. The summed E-state index contributed by atoms with van der Waals surface area (Å²) in [6.45, 7) is 1.61. The van der Waals surface area contributed by atoms with Gasteiger partial charge in [0.1, 0.15) is 11.6 Å². The van der Waals surface area contributed by atoms with Crippen molar-refractivity contribution in [2.24, 2.45) is 5.14 Å². The van der Waals surface area contributed by atoms with Gasteiger partial charge in [-0.1, -0.05) is 0 Å². The molecule has 0 aliphatic rings. The molecule has 0 amide bonds. The Bertz CT molecular complexity index is 1370. The molecule has 29 heavy (non-hydrogen) atoms. The maximum atomic E-state index is 14.4. The van der Waals surface area contributed by atoms with E-state index in [1.807, 2.05) is 0 Å². The molecule has 0 fully saturated rings. The van der Waals surface area contributed by atoms with Crippen LogP contribution in [0, 0.1) is 18.6 Å². The van der Waals surface area contributed by atoms with Gasteiger partial charge in [0.25, 0.3) is 10.0 Å². The van der Waals surface area contributed by atoms with Gasteiger partial charge in [-0.2, -0.15) is 9.61 Å². The molecule has 4 aromatic rings. The minimum atomic E-state index is -3.96. The van der Waals surface area contributed by atoms with Crippen LogP contribution in [-0.4, -0.2) is 33.1 Å². The number of primary sulfonamides is 1.